The monoisotopic (exact) mass is 443 g/mol. The maximum absolute atomic E-state index is 14.5. The number of amides is 1. The van der Waals surface area contributed by atoms with Gasteiger partial charge in [0.2, 0.25) is 0 Å². The van der Waals surface area contributed by atoms with Crippen molar-refractivity contribution < 1.29 is 9.18 Å². The number of nitrogens with zero attached hydrogens (tertiary/aromatic N) is 3. The fraction of sp³-hybridized carbons (Fsp3) is 0.269. The third kappa shape index (κ3) is 3.73. The summed E-state index contributed by atoms with van der Waals surface area (Å²) in [5.41, 5.74) is 6.21. The molecule has 1 aliphatic heterocycles. The minimum absolute atomic E-state index is 0.0205. The van der Waals surface area contributed by atoms with Crippen LogP contribution in [0.4, 0.5) is 10.2 Å². The van der Waals surface area contributed by atoms with E-state index in [1.54, 1.807) is 0 Å². The van der Waals surface area contributed by atoms with Crippen LogP contribution >= 0.6 is 0 Å². The first-order chi connectivity index (χ1) is 16.0. The van der Waals surface area contributed by atoms with Crippen LogP contribution in [0.25, 0.3) is 22.2 Å². The highest BCUT2D eigenvalue weighted by Crippen LogP contribution is 2.32. The minimum atomic E-state index is -0.206. The van der Waals surface area contributed by atoms with E-state index in [2.05, 4.69) is 27.5 Å². The smallest absolute Gasteiger partial charge is 0.252 e. The van der Waals surface area contributed by atoms with Crippen LogP contribution in [-0.2, 0) is 6.54 Å². The fourth-order valence-corrected chi connectivity index (χ4v) is 4.65. The van der Waals surface area contributed by atoms with Gasteiger partial charge in [0.1, 0.15) is 18.0 Å². The number of fused-ring (bicyclic) bond motifs is 2. The van der Waals surface area contributed by atoms with E-state index in [0.717, 1.165) is 45.4 Å². The van der Waals surface area contributed by atoms with Gasteiger partial charge in [0, 0.05) is 41.4 Å². The number of nitrogens with one attached hydrogen (secondary N) is 2. The number of carbonyl (C=O) groups excluding carboxylic acids is 1. The standard InChI is InChI=1S/C26H26FN5O/c1-4-22-20-12-17(6-7-18(20)26(33)31-22)23-13-24(30-14-29-23)28-9-10-32-16(3)11-19-15(2)5-8-21(27)25(19)32/h5-8,11-14,22H,4,9-10H2,1-3H3,(H,31,33)(H,28,29,30). The number of halogens is 1. The van der Waals surface area contributed by atoms with Crippen molar-refractivity contribution in [3.8, 4) is 11.3 Å². The van der Waals surface area contributed by atoms with E-state index in [-0.39, 0.29) is 17.8 Å². The number of hydrogen-bond donors (Lipinski definition) is 2. The van der Waals surface area contributed by atoms with Gasteiger partial charge in [0.05, 0.1) is 17.3 Å². The van der Waals surface area contributed by atoms with Gasteiger partial charge in [-0.1, -0.05) is 19.1 Å². The van der Waals surface area contributed by atoms with Crippen LogP contribution in [0.2, 0.25) is 0 Å². The van der Waals surface area contributed by atoms with Crippen LogP contribution in [0.1, 0.15) is 46.6 Å². The summed E-state index contributed by atoms with van der Waals surface area (Å²) in [4.78, 5) is 20.9. The lowest BCUT2D eigenvalue weighted by molar-refractivity contribution is 0.0955. The lowest BCUT2D eigenvalue weighted by atomic mass is 9.99. The molecule has 0 saturated carbocycles. The van der Waals surface area contributed by atoms with Gasteiger partial charge in [-0.05, 0) is 55.7 Å². The molecule has 6 nitrogen and oxygen atoms in total. The summed E-state index contributed by atoms with van der Waals surface area (Å²) < 4.78 is 16.5. The Morgan fingerprint density at radius 1 is 1.12 bits per heavy atom. The Kier molecular flexibility index (Phi) is 5.32. The number of benzene rings is 2. The van der Waals surface area contributed by atoms with E-state index in [4.69, 9.17) is 0 Å². The van der Waals surface area contributed by atoms with Crippen LogP contribution < -0.4 is 10.6 Å². The molecule has 4 aromatic rings. The molecule has 2 N–H and O–H groups in total. The highest BCUT2D eigenvalue weighted by atomic mass is 19.1. The van der Waals surface area contributed by atoms with Crippen molar-refractivity contribution in [2.45, 2.75) is 39.8 Å². The molecule has 0 aliphatic carbocycles. The zero-order valence-corrected chi connectivity index (χ0v) is 18.9. The second-order valence-electron chi connectivity index (χ2n) is 8.52. The maximum atomic E-state index is 14.5. The van der Waals surface area contributed by atoms with Gasteiger partial charge in [-0.3, -0.25) is 4.79 Å². The van der Waals surface area contributed by atoms with Crippen molar-refractivity contribution in [3.63, 3.8) is 0 Å². The van der Waals surface area contributed by atoms with Gasteiger partial charge in [-0.2, -0.15) is 0 Å². The Balaban J connectivity index is 1.35. The summed E-state index contributed by atoms with van der Waals surface area (Å²) >= 11 is 0. The molecule has 7 heteroatoms. The molecule has 0 saturated heterocycles. The molecule has 0 spiro atoms. The van der Waals surface area contributed by atoms with Gasteiger partial charge in [-0.25, -0.2) is 14.4 Å². The minimum Gasteiger partial charge on any atom is -0.368 e. The zero-order chi connectivity index (χ0) is 23.1. The van der Waals surface area contributed by atoms with Crippen LogP contribution in [0.15, 0.2) is 48.8 Å². The van der Waals surface area contributed by atoms with Gasteiger partial charge in [-0.15, -0.1) is 0 Å². The SMILES string of the molecule is CCC1NC(=O)c2ccc(-c3cc(NCCn4c(C)cc5c(C)ccc(F)c54)ncn3)cc21. The average molecular weight is 444 g/mol. The maximum Gasteiger partial charge on any atom is 0.252 e. The molecule has 2 aromatic carbocycles. The number of aryl methyl sites for hydroxylation is 2. The van der Waals surface area contributed by atoms with E-state index < -0.39 is 0 Å². The van der Waals surface area contributed by atoms with Crippen molar-refractivity contribution >= 4 is 22.6 Å². The summed E-state index contributed by atoms with van der Waals surface area (Å²) in [6, 6.07) is 13.1. The van der Waals surface area contributed by atoms with Crippen molar-refractivity contribution in [2.75, 3.05) is 11.9 Å². The normalized spacial score (nSPS) is 15.0. The van der Waals surface area contributed by atoms with Crippen LogP contribution in [0.5, 0.6) is 0 Å². The first kappa shape index (κ1) is 21.1. The van der Waals surface area contributed by atoms with E-state index in [0.29, 0.717) is 24.4 Å². The third-order valence-corrected chi connectivity index (χ3v) is 6.42. The Bertz CT molecular complexity index is 1380. The van der Waals surface area contributed by atoms with Crippen LogP contribution in [-0.4, -0.2) is 27.0 Å². The van der Waals surface area contributed by atoms with E-state index in [1.807, 2.05) is 54.8 Å². The van der Waals surface area contributed by atoms with E-state index in [9.17, 15) is 9.18 Å². The summed E-state index contributed by atoms with van der Waals surface area (Å²) in [6.45, 7) is 7.26. The Morgan fingerprint density at radius 2 is 1.97 bits per heavy atom. The van der Waals surface area contributed by atoms with E-state index >= 15 is 0 Å². The number of carbonyl (C=O) groups is 1. The topological polar surface area (TPSA) is 71.8 Å². The quantitative estimate of drug-likeness (QED) is 0.432. The first-order valence-electron chi connectivity index (χ1n) is 11.2. The molecule has 3 heterocycles. The molecular formula is C26H26FN5O. The van der Waals surface area contributed by atoms with Gasteiger partial charge < -0.3 is 15.2 Å². The summed E-state index contributed by atoms with van der Waals surface area (Å²) in [5, 5.41) is 7.30. The first-order valence-corrected chi connectivity index (χ1v) is 11.2. The number of aromatic nitrogens is 3. The molecule has 5 rings (SSSR count). The van der Waals surface area contributed by atoms with Gasteiger partial charge in [0.25, 0.3) is 5.91 Å². The van der Waals surface area contributed by atoms with Crippen molar-refractivity contribution in [1.29, 1.82) is 0 Å². The van der Waals surface area contributed by atoms with Crippen molar-refractivity contribution in [1.82, 2.24) is 19.9 Å². The highest BCUT2D eigenvalue weighted by molar-refractivity contribution is 5.99. The third-order valence-electron chi connectivity index (χ3n) is 6.42. The fourth-order valence-electron chi connectivity index (χ4n) is 4.65. The predicted molar refractivity (Wildman–Crippen MR) is 128 cm³/mol. The Hall–Kier alpha value is -3.74. The van der Waals surface area contributed by atoms with Gasteiger partial charge >= 0.3 is 0 Å². The Morgan fingerprint density at radius 3 is 2.79 bits per heavy atom. The largest absolute Gasteiger partial charge is 0.368 e. The summed E-state index contributed by atoms with van der Waals surface area (Å²) in [5.74, 6) is 0.475. The Labute approximate surface area is 191 Å². The lowest BCUT2D eigenvalue weighted by Crippen LogP contribution is -2.17. The molecule has 0 radical (unpaired) electrons. The molecule has 1 amide bonds. The summed E-state index contributed by atoms with van der Waals surface area (Å²) in [6.07, 6.45) is 2.37. The second-order valence-corrected chi connectivity index (χ2v) is 8.52. The van der Waals surface area contributed by atoms with Gasteiger partial charge in [0.15, 0.2) is 0 Å². The second kappa shape index (κ2) is 8.31. The summed E-state index contributed by atoms with van der Waals surface area (Å²) in [7, 11) is 0. The van der Waals surface area contributed by atoms with E-state index in [1.165, 1.54) is 12.4 Å². The number of hydrogen-bond acceptors (Lipinski definition) is 4. The molecule has 1 aliphatic rings. The molecular weight excluding hydrogens is 417 g/mol. The molecule has 168 valence electrons. The number of anilines is 1. The van der Waals surface area contributed by atoms with Crippen molar-refractivity contribution in [2.24, 2.45) is 0 Å². The number of rotatable bonds is 6. The molecule has 1 unspecified atom stereocenters. The average Bonchev–Trinajstić information content (AvgIpc) is 3.33. The molecule has 1 atom stereocenters. The van der Waals surface area contributed by atoms with Crippen LogP contribution in [0, 0.1) is 19.7 Å². The zero-order valence-electron chi connectivity index (χ0n) is 18.9. The predicted octanol–water partition coefficient (Wildman–Crippen LogP) is 5.16. The highest BCUT2D eigenvalue weighted by Gasteiger charge is 2.27. The van der Waals surface area contributed by atoms with Crippen LogP contribution in [0.3, 0.4) is 0 Å². The molecule has 2 aromatic heterocycles. The molecule has 0 bridgehead atoms. The molecule has 33 heavy (non-hydrogen) atoms. The van der Waals surface area contributed by atoms with Crippen molar-refractivity contribution in [3.05, 3.63) is 77.0 Å². The molecule has 0 fully saturated rings. The lowest BCUT2D eigenvalue weighted by Gasteiger charge is -2.12.